The van der Waals surface area contributed by atoms with E-state index in [0.717, 1.165) is 63.1 Å². The minimum atomic E-state index is 0.119. The number of fused-ring (bicyclic) bond motifs is 1. The first-order chi connectivity index (χ1) is 13.1. The third-order valence-electron chi connectivity index (χ3n) is 5.72. The summed E-state index contributed by atoms with van der Waals surface area (Å²) in [5.41, 5.74) is 3.51. The molecule has 0 N–H and O–H groups in total. The molecule has 0 aliphatic carbocycles. The van der Waals surface area contributed by atoms with Crippen molar-refractivity contribution in [1.82, 2.24) is 4.90 Å². The lowest BCUT2D eigenvalue weighted by atomic mass is 9.93. The van der Waals surface area contributed by atoms with Crippen LogP contribution in [0.15, 0.2) is 42.5 Å². The van der Waals surface area contributed by atoms with Crippen LogP contribution in [0.2, 0.25) is 10.0 Å². The van der Waals surface area contributed by atoms with Gasteiger partial charge in [0.25, 0.3) is 0 Å². The highest BCUT2D eigenvalue weighted by atomic mass is 35.5. The van der Waals surface area contributed by atoms with Gasteiger partial charge in [-0.2, -0.15) is 0 Å². The van der Waals surface area contributed by atoms with Gasteiger partial charge in [0.2, 0.25) is 5.91 Å². The van der Waals surface area contributed by atoms with Crippen LogP contribution in [0.4, 0.5) is 5.69 Å². The molecule has 1 fully saturated rings. The van der Waals surface area contributed by atoms with Crippen molar-refractivity contribution in [3.8, 4) is 0 Å². The smallest absolute Gasteiger partial charge is 0.230 e. The molecule has 1 saturated heterocycles. The van der Waals surface area contributed by atoms with E-state index in [2.05, 4.69) is 23.1 Å². The first kappa shape index (κ1) is 18.8. The van der Waals surface area contributed by atoms with E-state index in [1.165, 1.54) is 5.56 Å². The molecule has 0 atom stereocenters. The number of carbonyl (C=O) groups is 1. The second-order valence-electron chi connectivity index (χ2n) is 7.51. The average molecular weight is 403 g/mol. The standard InChI is InChI=1S/C22H24Cl2N2O/c23-19-8-7-18(20(24)14-19)15-25-12-9-17(10-13-25)22(27)26-11-3-5-16-4-1-2-6-21(16)26/h1-2,4,6-8,14,17H,3,5,9-13,15H2. The number of aryl methyl sites for hydroxylation is 1. The zero-order chi connectivity index (χ0) is 18.8. The van der Waals surface area contributed by atoms with Gasteiger partial charge in [0, 0.05) is 34.7 Å². The molecule has 0 unspecified atom stereocenters. The Kier molecular flexibility index (Phi) is 5.72. The molecule has 1 amide bonds. The summed E-state index contributed by atoms with van der Waals surface area (Å²) in [6.07, 6.45) is 3.93. The van der Waals surface area contributed by atoms with Crippen molar-refractivity contribution in [2.45, 2.75) is 32.2 Å². The summed E-state index contributed by atoms with van der Waals surface area (Å²) in [4.78, 5) is 17.5. The van der Waals surface area contributed by atoms with Crippen LogP contribution in [0, 0.1) is 5.92 Å². The van der Waals surface area contributed by atoms with E-state index in [1.807, 2.05) is 23.1 Å². The van der Waals surface area contributed by atoms with E-state index in [4.69, 9.17) is 23.2 Å². The van der Waals surface area contributed by atoms with Crippen molar-refractivity contribution in [2.24, 2.45) is 5.92 Å². The molecule has 0 radical (unpaired) electrons. The largest absolute Gasteiger partial charge is 0.312 e. The summed E-state index contributed by atoms with van der Waals surface area (Å²) < 4.78 is 0. The number of nitrogens with zero attached hydrogens (tertiary/aromatic N) is 2. The summed E-state index contributed by atoms with van der Waals surface area (Å²) in [6, 6.07) is 14.0. The van der Waals surface area contributed by atoms with Crippen LogP contribution < -0.4 is 4.90 Å². The third kappa shape index (κ3) is 4.16. The fourth-order valence-electron chi connectivity index (χ4n) is 4.21. The van der Waals surface area contributed by atoms with Crippen LogP contribution in [-0.2, 0) is 17.8 Å². The van der Waals surface area contributed by atoms with E-state index in [1.54, 1.807) is 6.07 Å². The summed E-state index contributed by atoms with van der Waals surface area (Å²) in [5.74, 6) is 0.416. The maximum Gasteiger partial charge on any atom is 0.230 e. The molecule has 0 aromatic heterocycles. The van der Waals surface area contributed by atoms with E-state index in [0.29, 0.717) is 16.0 Å². The molecule has 2 heterocycles. The number of piperidine rings is 1. The topological polar surface area (TPSA) is 23.6 Å². The predicted molar refractivity (Wildman–Crippen MR) is 112 cm³/mol. The Morgan fingerprint density at radius 2 is 1.81 bits per heavy atom. The quantitative estimate of drug-likeness (QED) is 0.705. The van der Waals surface area contributed by atoms with Gasteiger partial charge in [-0.05, 0) is 68.1 Å². The van der Waals surface area contributed by atoms with Crippen molar-refractivity contribution in [2.75, 3.05) is 24.5 Å². The number of para-hydroxylation sites is 1. The molecule has 3 nitrogen and oxygen atoms in total. The number of hydrogen-bond acceptors (Lipinski definition) is 2. The molecule has 0 spiro atoms. The highest BCUT2D eigenvalue weighted by Gasteiger charge is 2.31. The Balaban J connectivity index is 1.37. The fourth-order valence-corrected chi connectivity index (χ4v) is 4.68. The van der Waals surface area contributed by atoms with E-state index in [9.17, 15) is 4.79 Å². The molecule has 2 aromatic rings. The third-order valence-corrected chi connectivity index (χ3v) is 6.31. The van der Waals surface area contributed by atoms with E-state index in [-0.39, 0.29) is 5.92 Å². The maximum absolute atomic E-state index is 13.1. The van der Waals surface area contributed by atoms with Gasteiger partial charge < -0.3 is 4.90 Å². The highest BCUT2D eigenvalue weighted by molar-refractivity contribution is 6.35. The Morgan fingerprint density at radius 1 is 1.04 bits per heavy atom. The number of halogens is 2. The fraction of sp³-hybridized carbons (Fsp3) is 0.409. The van der Waals surface area contributed by atoms with Crippen LogP contribution in [0.25, 0.3) is 0 Å². The number of hydrogen-bond donors (Lipinski definition) is 0. The van der Waals surface area contributed by atoms with E-state index >= 15 is 0 Å². The monoisotopic (exact) mass is 402 g/mol. The highest BCUT2D eigenvalue weighted by Crippen LogP contribution is 2.31. The molecule has 2 aliphatic rings. The van der Waals surface area contributed by atoms with Gasteiger partial charge in [0.15, 0.2) is 0 Å². The first-order valence-electron chi connectivity index (χ1n) is 9.67. The number of likely N-dealkylation sites (tertiary alicyclic amines) is 1. The average Bonchev–Trinajstić information content (AvgIpc) is 2.70. The summed E-state index contributed by atoms with van der Waals surface area (Å²) in [6.45, 7) is 3.50. The lowest BCUT2D eigenvalue weighted by Gasteiger charge is -2.36. The molecular formula is C22H24Cl2N2O. The van der Waals surface area contributed by atoms with Crippen LogP contribution >= 0.6 is 23.2 Å². The lowest BCUT2D eigenvalue weighted by molar-refractivity contribution is -0.123. The first-order valence-corrected chi connectivity index (χ1v) is 10.4. The van der Waals surface area contributed by atoms with Gasteiger partial charge in [0.1, 0.15) is 0 Å². The van der Waals surface area contributed by atoms with Gasteiger partial charge in [-0.15, -0.1) is 0 Å². The lowest BCUT2D eigenvalue weighted by Crippen LogP contribution is -2.44. The number of carbonyl (C=O) groups excluding carboxylic acids is 1. The van der Waals surface area contributed by atoms with Crippen molar-refractivity contribution in [3.05, 3.63) is 63.6 Å². The van der Waals surface area contributed by atoms with Gasteiger partial charge >= 0.3 is 0 Å². The molecule has 142 valence electrons. The van der Waals surface area contributed by atoms with E-state index < -0.39 is 0 Å². The molecule has 27 heavy (non-hydrogen) atoms. The van der Waals surface area contributed by atoms with Crippen LogP contribution in [-0.4, -0.2) is 30.4 Å². The van der Waals surface area contributed by atoms with Crippen LogP contribution in [0.3, 0.4) is 0 Å². The van der Waals surface area contributed by atoms with Crippen LogP contribution in [0.1, 0.15) is 30.4 Å². The van der Waals surface area contributed by atoms with Gasteiger partial charge in [-0.1, -0.05) is 47.5 Å². The number of rotatable bonds is 3. The molecular weight excluding hydrogens is 379 g/mol. The SMILES string of the molecule is O=C(C1CCN(Cc2ccc(Cl)cc2Cl)CC1)N1CCCc2ccccc21. The Bertz CT molecular complexity index is 831. The zero-order valence-corrected chi connectivity index (χ0v) is 16.8. The minimum absolute atomic E-state index is 0.119. The van der Waals surface area contributed by atoms with Crippen molar-refractivity contribution in [3.63, 3.8) is 0 Å². The van der Waals surface area contributed by atoms with Crippen LogP contribution in [0.5, 0.6) is 0 Å². The van der Waals surface area contributed by atoms with Gasteiger partial charge in [-0.3, -0.25) is 9.69 Å². The molecule has 0 saturated carbocycles. The number of anilines is 1. The van der Waals surface area contributed by atoms with Crippen molar-refractivity contribution < 1.29 is 4.79 Å². The second kappa shape index (κ2) is 8.22. The molecule has 5 heteroatoms. The number of benzene rings is 2. The Morgan fingerprint density at radius 3 is 2.59 bits per heavy atom. The molecule has 2 aromatic carbocycles. The van der Waals surface area contributed by atoms with Gasteiger partial charge in [0.05, 0.1) is 0 Å². The predicted octanol–water partition coefficient (Wildman–Crippen LogP) is 5.18. The summed E-state index contributed by atoms with van der Waals surface area (Å²) in [5, 5.41) is 1.38. The zero-order valence-electron chi connectivity index (χ0n) is 15.3. The summed E-state index contributed by atoms with van der Waals surface area (Å²) >= 11 is 12.3. The molecule has 2 aliphatic heterocycles. The van der Waals surface area contributed by atoms with Crippen molar-refractivity contribution >= 4 is 34.8 Å². The molecule has 4 rings (SSSR count). The minimum Gasteiger partial charge on any atom is -0.312 e. The maximum atomic E-state index is 13.1. The van der Waals surface area contributed by atoms with Crippen molar-refractivity contribution in [1.29, 1.82) is 0 Å². The summed E-state index contributed by atoms with van der Waals surface area (Å²) in [7, 11) is 0. The second-order valence-corrected chi connectivity index (χ2v) is 8.35. The Labute approximate surface area is 170 Å². The normalized spacial score (nSPS) is 18.4. The molecule has 0 bridgehead atoms. The Hall–Kier alpha value is -1.55. The van der Waals surface area contributed by atoms with Gasteiger partial charge in [-0.25, -0.2) is 0 Å². The number of amides is 1.